The van der Waals surface area contributed by atoms with Crippen molar-refractivity contribution >= 4 is 0 Å². The first kappa shape index (κ1) is 13.8. The molecule has 0 amide bonds. The Morgan fingerprint density at radius 3 is 2.16 bits per heavy atom. The van der Waals surface area contributed by atoms with E-state index in [-0.39, 0.29) is 0 Å². The van der Waals surface area contributed by atoms with Crippen LogP contribution in [0.25, 0.3) is 0 Å². The topological polar surface area (TPSA) is 15.7 Å². The standard InChI is InChI=1S/C16H30N2O/c1-16(2,3)6-9-17-7-4-13(5-8-17)18-11-14-10-15(12-18)19-14/h13-15H,4-12H2,1-3H3. The van der Waals surface area contributed by atoms with Crippen LogP contribution in [0.1, 0.15) is 46.5 Å². The molecule has 2 atom stereocenters. The number of fused-ring (bicyclic) bond motifs is 2. The Morgan fingerprint density at radius 1 is 1.05 bits per heavy atom. The number of morpholine rings is 1. The van der Waals surface area contributed by atoms with Gasteiger partial charge in [0.2, 0.25) is 0 Å². The van der Waals surface area contributed by atoms with Crippen LogP contribution in [0.15, 0.2) is 0 Å². The smallest absolute Gasteiger partial charge is 0.0731 e. The van der Waals surface area contributed by atoms with Gasteiger partial charge in [-0.2, -0.15) is 0 Å². The first-order valence-electron chi connectivity index (χ1n) is 8.11. The van der Waals surface area contributed by atoms with Crippen LogP contribution in [-0.2, 0) is 4.74 Å². The molecule has 110 valence electrons. The van der Waals surface area contributed by atoms with E-state index in [2.05, 4.69) is 30.6 Å². The van der Waals surface area contributed by atoms with Gasteiger partial charge < -0.3 is 9.64 Å². The Bertz CT molecular complexity index is 288. The summed E-state index contributed by atoms with van der Waals surface area (Å²) in [5.41, 5.74) is 0.475. The highest BCUT2D eigenvalue weighted by atomic mass is 16.5. The van der Waals surface area contributed by atoms with E-state index in [0.29, 0.717) is 17.6 Å². The lowest BCUT2D eigenvalue weighted by molar-refractivity contribution is -0.190. The van der Waals surface area contributed by atoms with Crippen LogP contribution in [0.5, 0.6) is 0 Å². The van der Waals surface area contributed by atoms with E-state index in [4.69, 9.17) is 4.74 Å². The molecule has 4 aliphatic heterocycles. The van der Waals surface area contributed by atoms with Crippen molar-refractivity contribution in [3.05, 3.63) is 0 Å². The van der Waals surface area contributed by atoms with E-state index in [1.54, 1.807) is 0 Å². The molecule has 3 heteroatoms. The number of hydrogen-bond acceptors (Lipinski definition) is 3. The van der Waals surface area contributed by atoms with Crippen molar-refractivity contribution in [2.45, 2.75) is 64.7 Å². The van der Waals surface area contributed by atoms with Gasteiger partial charge in [-0.1, -0.05) is 20.8 Å². The number of piperidine rings is 2. The minimum absolute atomic E-state index is 0.475. The molecule has 0 N–H and O–H groups in total. The lowest BCUT2D eigenvalue weighted by Crippen LogP contribution is -2.61. The van der Waals surface area contributed by atoms with Gasteiger partial charge in [-0.15, -0.1) is 0 Å². The summed E-state index contributed by atoms with van der Waals surface area (Å²) >= 11 is 0. The molecule has 3 nitrogen and oxygen atoms in total. The minimum Gasteiger partial charge on any atom is -0.372 e. The maximum Gasteiger partial charge on any atom is 0.0731 e. The summed E-state index contributed by atoms with van der Waals surface area (Å²) in [6.07, 6.45) is 6.50. The van der Waals surface area contributed by atoms with Crippen molar-refractivity contribution < 1.29 is 4.74 Å². The average Bonchev–Trinajstić information content (AvgIpc) is 2.35. The van der Waals surface area contributed by atoms with E-state index in [9.17, 15) is 0 Å². The van der Waals surface area contributed by atoms with Crippen molar-refractivity contribution in [3.8, 4) is 0 Å². The van der Waals surface area contributed by atoms with Crippen molar-refractivity contribution in [2.24, 2.45) is 5.41 Å². The summed E-state index contributed by atoms with van der Waals surface area (Å²) < 4.78 is 5.74. The van der Waals surface area contributed by atoms with Gasteiger partial charge in [0, 0.05) is 25.6 Å². The highest BCUT2D eigenvalue weighted by molar-refractivity contribution is 4.93. The fraction of sp³-hybridized carbons (Fsp3) is 1.00. The van der Waals surface area contributed by atoms with Gasteiger partial charge in [0.25, 0.3) is 0 Å². The van der Waals surface area contributed by atoms with Gasteiger partial charge in [-0.25, -0.2) is 0 Å². The summed E-state index contributed by atoms with van der Waals surface area (Å²) in [6.45, 7) is 13.3. The molecular weight excluding hydrogens is 236 g/mol. The van der Waals surface area contributed by atoms with Crippen LogP contribution in [0.3, 0.4) is 0 Å². The van der Waals surface area contributed by atoms with Crippen molar-refractivity contribution in [2.75, 3.05) is 32.7 Å². The highest BCUT2D eigenvalue weighted by Gasteiger charge is 2.40. The zero-order valence-corrected chi connectivity index (χ0v) is 12.9. The number of rotatable bonds is 3. The minimum atomic E-state index is 0.475. The number of hydrogen-bond donors (Lipinski definition) is 0. The van der Waals surface area contributed by atoms with Crippen LogP contribution < -0.4 is 0 Å². The molecule has 2 bridgehead atoms. The zero-order valence-electron chi connectivity index (χ0n) is 12.9. The lowest BCUT2D eigenvalue weighted by atomic mass is 9.91. The largest absolute Gasteiger partial charge is 0.372 e. The predicted octanol–water partition coefficient (Wildman–Crippen LogP) is 2.36. The summed E-state index contributed by atoms with van der Waals surface area (Å²) in [5.74, 6) is 0. The first-order chi connectivity index (χ1) is 8.99. The molecule has 19 heavy (non-hydrogen) atoms. The third-order valence-electron chi connectivity index (χ3n) is 5.04. The molecule has 4 rings (SSSR count). The second-order valence-electron chi connectivity index (χ2n) is 7.95. The van der Waals surface area contributed by atoms with Crippen molar-refractivity contribution in [1.29, 1.82) is 0 Å². The van der Waals surface area contributed by atoms with E-state index >= 15 is 0 Å². The average molecular weight is 266 g/mol. The van der Waals surface area contributed by atoms with Gasteiger partial charge >= 0.3 is 0 Å². The monoisotopic (exact) mass is 266 g/mol. The molecule has 0 aromatic rings. The van der Waals surface area contributed by atoms with Crippen LogP contribution in [0.4, 0.5) is 0 Å². The van der Waals surface area contributed by atoms with Gasteiger partial charge in [-0.3, -0.25) is 4.90 Å². The molecule has 0 aromatic carbocycles. The molecule has 4 heterocycles. The maximum absolute atomic E-state index is 5.74. The molecule has 0 spiro atoms. The Labute approximate surface area is 118 Å². The Hall–Kier alpha value is -0.120. The van der Waals surface area contributed by atoms with Crippen LogP contribution in [-0.4, -0.2) is 60.8 Å². The Morgan fingerprint density at radius 2 is 1.63 bits per heavy atom. The molecule has 2 unspecified atom stereocenters. The lowest BCUT2D eigenvalue weighted by Gasteiger charge is -2.51. The third-order valence-corrected chi connectivity index (χ3v) is 5.04. The van der Waals surface area contributed by atoms with Gasteiger partial charge in [0.1, 0.15) is 0 Å². The second-order valence-corrected chi connectivity index (χ2v) is 7.95. The van der Waals surface area contributed by atoms with Crippen LogP contribution >= 0.6 is 0 Å². The molecule has 0 radical (unpaired) electrons. The van der Waals surface area contributed by atoms with Gasteiger partial charge in [0.15, 0.2) is 0 Å². The fourth-order valence-corrected chi connectivity index (χ4v) is 3.69. The van der Waals surface area contributed by atoms with Crippen molar-refractivity contribution in [1.82, 2.24) is 9.80 Å². The molecule has 4 fully saturated rings. The van der Waals surface area contributed by atoms with Crippen molar-refractivity contribution in [3.63, 3.8) is 0 Å². The molecule has 0 aromatic heterocycles. The maximum atomic E-state index is 5.74. The SMILES string of the molecule is CC(C)(C)CCN1CCC(N2CC3CC(C2)O3)CC1. The summed E-state index contributed by atoms with van der Waals surface area (Å²) in [5, 5.41) is 0. The van der Waals surface area contributed by atoms with E-state index < -0.39 is 0 Å². The molecule has 4 aliphatic rings. The van der Waals surface area contributed by atoms with Gasteiger partial charge in [0.05, 0.1) is 12.2 Å². The van der Waals surface area contributed by atoms with Crippen LogP contribution in [0, 0.1) is 5.41 Å². The first-order valence-corrected chi connectivity index (χ1v) is 8.11. The molecule has 0 aliphatic carbocycles. The molecule has 0 saturated carbocycles. The zero-order chi connectivity index (χ0) is 13.5. The number of ether oxygens (including phenoxy) is 1. The Balaban J connectivity index is 1.40. The molecular formula is C16H30N2O. The normalized spacial score (nSPS) is 34.3. The Kier molecular flexibility index (Phi) is 3.89. The fourth-order valence-electron chi connectivity index (χ4n) is 3.69. The quantitative estimate of drug-likeness (QED) is 0.780. The second kappa shape index (κ2) is 5.34. The molecule has 4 saturated heterocycles. The van der Waals surface area contributed by atoms with E-state index in [0.717, 1.165) is 6.04 Å². The van der Waals surface area contributed by atoms with Gasteiger partial charge in [-0.05, 0) is 44.3 Å². The number of nitrogens with zero attached hydrogens (tertiary/aromatic N) is 2. The summed E-state index contributed by atoms with van der Waals surface area (Å²) in [6, 6.07) is 0.833. The predicted molar refractivity (Wildman–Crippen MR) is 78.4 cm³/mol. The highest BCUT2D eigenvalue weighted by Crippen LogP contribution is 2.31. The summed E-state index contributed by atoms with van der Waals surface area (Å²) in [7, 11) is 0. The number of likely N-dealkylation sites (tertiary alicyclic amines) is 1. The van der Waals surface area contributed by atoms with E-state index in [1.165, 1.54) is 58.4 Å². The summed E-state index contributed by atoms with van der Waals surface area (Å²) in [4.78, 5) is 5.38. The van der Waals surface area contributed by atoms with E-state index in [1.807, 2.05) is 0 Å². The van der Waals surface area contributed by atoms with Crippen LogP contribution in [0.2, 0.25) is 0 Å². The third kappa shape index (κ3) is 3.50.